The van der Waals surface area contributed by atoms with Crippen molar-refractivity contribution in [3.8, 4) is 0 Å². The summed E-state index contributed by atoms with van der Waals surface area (Å²) in [6.07, 6.45) is 0.0788. The molecule has 0 bridgehead atoms. The number of rotatable bonds is 2. The summed E-state index contributed by atoms with van der Waals surface area (Å²) in [7, 11) is 0. The average molecular weight is 206 g/mol. The molecular weight excluding hydrogens is 192 g/mol. The second kappa shape index (κ2) is 4.42. The molecule has 1 amide bonds. The first-order valence-electron chi connectivity index (χ1n) is 5.03. The molecule has 1 aliphatic rings. The summed E-state index contributed by atoms with van der Waals surface area (Å²) in [6, 6.07) is 9.03. The van der Waals surface area contributed by atoms with Crippen LogP contribution in [0.2, 0.25) is 0 Å². The number of amides is 1. The van der Waals surface area contributed by atoms with Crippen LogP contribution < -0.4 is 10.6 Å². The number of benzene rings is 1. The fourth-order valence-corrected chi connectivity index (χ4v) is 1.67. The zero-order chi connectivity index (χ0) is 10.7. The Kier molecular flexibility index (Phi) is 2.99. The van der Waals surface area contributed by atoms with Gasteiger partial charge in [0.25, 0.3) is 0 Å². The topological polar surface area (TPSA) is 61.4 Å². The molecule has 0 aliphatic carbocycles. The highest BCUT2D eigenvalue weighted by Gasteiger charge is 2.27. The number of aliphatic hydroxyl groups excluding tert-OH is 1. The van der Waals surface area contributed by atoms with Crippen molar-refractivity contribution in [2.24, 2.45) is 0 Å². The van der Waals surface area contributed by atoms with E-state index < -0.39 is 6.10 Å². The largest absolute Gasteiger partial charge is 0.392 e. The van der Waals surface area contributed by atoms with Crippen LogP contribution in [-0.2, 0) is 4.79 Å². The van der Waals surface area contributed by atoms with Gasteiger partial charge in [-0.1, -0.05) is 18.2 Å². The van der Waals surface area contributed by atoms with E-state index in [0.29, 0.717) is 13.0 Å². The molecule has 0 spiro atoms. The normalized spacial score (nSPS) is 25.1. The van der Waals surface area contributed by atoms with Gasteiger partial charge in [0.2, 0.25) is 5.91 Å². The molecular formula is C11H14N2O2. The summed E-state index contributed by atoms with van der Waals surface area (Å²) >= 11 is 0. The van der Waals surface area contributed by atoms with Crippen molar-refractivity contribution >= 4 is 11.6 Å². The van der Waals surface area contributed by atoms with Crippen LogP contribution >= 0.6 is 0 Å². The molecule has 0 saturated carbocycles. The smallest absolute Gasteiger partial charge is 0.241 e. The van der Waals surface area contributed by atoms with Crippen molar-refractivity contribution in [2.45, 2.75) is 18.6 Å². The molecule has 4 nitrogen and oxygen atoms in total. The van der Waals surface area contributed by atoms with Crippen molar-refractivity contribution in [1.82, 2.24) is 5.32 Å². The highest BCUT2D eigenvalue weighted by atomic mass is 16.3. The lowest BCUT2D eigenvalue weighted by molar-refractivity contribution is -0.117. The van der Waals surface area contributed by atoms with E-state index in [1.165, 1.54) is 0 Å². The third kappa shape index (κ3) is 2.55. The van der Waals surface area contributed by atoms with E-state index in [9.17, 15) is 9.90 Å². The van der Waals surface area contributed by atoms with Gasteiger partial charge in [-0.25, -0.2) is 0 Å². The van der Waals surface area contributed by atoms with Gasteiger partial charge in [-0.05, 0) is 18.6 Å². The highest BCUT2D eigenvalue weighted by Crippen LogP contribution is 2.10. The minimum absolute atomic E-state index is 0.0854. The molecule has 1 fully saturated rings. The Labute approximate surface area is 88.3 Å². The van der Waals surface area contributed by atoms with Crippen molar-refractivity contribution in [1.29, 1.82) is 0 Å². The lowest BCUT2D eigenvalue weighted by atomic mass is 10.2. The monoisotopic (exact) mass is 206 g/mol. The van der Waals surface area contributed by atoms with Gasteiger partial charge in [0.15, 0.2) is 0 Å². The zero-order valence-electron chi connectivity index (χ0n) is 8.31. The second-order valence-electron chi connectivity index (χ2n) is 3.71. The van der Waals surface area contributed by atoms with Gasteiger partial charge in [0.1, 0.15) is 0 Å². The van der Waals surface area contributed by atoms with Gasteiger partial charge in [0.05, 0.1) is 12.1 Å². The molecule has 1 aliphatic heterocycles. The van der Waals surface area contributed by atoms with Gasteiger partial charge in [-0.15, -0.1) is 0 Å². The van der Waals surface area contributed by atoms with Gasteiger partial charge in [-0.3, -0.25) is 4.79 Å². The van der Waals surface area contributed by atoms with Crippen LogP contribution in [-0.4, -0.2) is 29.7 Å². The molecule has 1 aromatic carbocycles. The first-order chi connectivity index (χ1) is 7.25. The van der Waals surface area contributed by atoms with E-state index in [1.54, 1.807) is 0 Å². The van der Waals surface area contributed by atoms with E-state index in [0.717, 1.165) is 5.69 Å². The number of aliphatic hydroxyl groups is 1. The predicted molar refractivity (Wildman–Crippen MR) is 57.5 cm³/mol. The molecule has 0 aromatic heterocycles. The lowest BCUT2D eigenvalue weighted by Crippen LogP contribution is -2.35. The minimum atomic E-state index is -0.406. The van der Waals surface area contributed by atoms with Crippen LogP contribution in [0, 0.1) is 0 Å². The Morgan fingerprint density at radius 3 is 2.73 bits per heavy atom. The number of nitrogens with one attached hydrogen (secondary N) is 2. The summed E-state index contributed by atoms with van der Waals surface area (Å²) in [4.78, 5) is 11.7. The third-order valence-electron chi connectivity index (χ3n) is 2.47. The second-order valence-corrected chi connectivity index (χ2v) is 3.71. The van der Waals surface area contributed by atoms with Crippen molar-refractivity contribution < 1.29 is 9.90 Å². The Morgan fingerprint density at radius 2 is 2.13 bits per heavy atom. The Balaban J connectivity index is 1.93. The molecule has 3 N–H and O–H groups in total. The fraction of sp³-hybridized carbons (Fsp3) is 0.364. The molecule has 0 unspecified atom stereocenters. The van der Waals surface area contributed by atoms with Gasteiger partial charge >= 0.3 is 0 Å². The van der Waals surface area contributed by atoms with Crippen molar-refractivity contribution in [3.05, 3.63) is 30.3 Å². The number of carbonyl (C=O) groups is 1. The molecule has 1 heterocycles. The Bertz CT molecular complexity index is 340. The van der Waals surface area contributed by atoms with E-state index in [-0.39, 0.29) is 11.9 Å². The van der Waals surface area contributed by atoms with Crippen LogP contribution in [0.15, 0.2) is 30.3 Å². The van der Waals surface area contributed by atoms with Crippen molar-refractivity contribution in [3.63, 3.8) is 0 Å². The maximum Gasteiger partial charge on any atom is 0.241 e. The molecule has 80 valence electrons. The van der Waals surface area contributed by atoms with Crippen LogP contribution in [0.25, 0.3) is 0 Å². The number of hydrogen-bond donors (Lipinski definition) is 3. The summed E-state index contributed by atoms with van der Waals surface area (Å²) in [5.41, 5.74) is 0.783. The molecule has 0 radical (unpaired) electrons. The quantitative estimate of drug-likeness (QED) is 0.654. The van der Waals surface area contributed by atoms with Gasteiger partial charge in [-0.2, -0.15) is 0 Å². The van der Waals surface area contributed by atoms with Crippen LogP contribution in [0.1, 0.15) is 6.42 Å². The van der Waals surface area contributed by atoms with E-state index in [2.05, 4.69) is 10.6 Å². The van der Waals surface area contributed by atoms with Gasteiger partial charge in [0, 0.05) is 12.2 Å². The zero-order valence-corrected chi connectivity index (χ0v) is 8.31. The first-order valence-corrected chi connectivity index (χ1v) is 5.03. The SMILES string of the molecule is O=C(Nc1ccccc1)[C@@H]1C[C@@H](O)CN1. The third-order valence-corrected chi connectivity index (χ3v) is 2.47. The number of carbonyl (C=O) groups excluding carboxylic acids is 1. The average Bonchev–Trinajstić information content (AvgIpc) is 2.66. The maximum atomic E-state index is 11.7. The Morgan fingerprint density at radius 1 is 1.40 bits per heavy atom. The maximum absolute atomic E-state index is 11.7. The molecule has 4 heteroatoms. The molecule has 2 rings (SSSR count). The summed E-state index contributed by atoms with van der Waals surface area (Å²) in [6.45, 7) is 0.493. The van der Waals surface area contributed by atoms with Gasteiger partial charge < -0.3 is 15.7 Å². The van der Waals surface area contributed by atoms with E-state index >= 15 is 0 Å². The van der Waals surface area contributed by atoms with Crippen molar-refractivity contribution in [2.75, 3.05) is 11.9 Å². The summed E-state index contributed by atoms with van der Waals surface area (Å²) in [5, 5.41) is 15.0. The molecule has 2 atom stereocenters. The molecule has 1 saturated heterocycles. The minimum Gasteiger partial charge on any atom is -0.392 e. The standard InChI is InChI=1S/C11H14N2O2/c14-9-6-10(12-7-9)11(15)13-8-4-2-1-3-5-8/h1-5,9-10,12,14H,6-7H2,(H,13,15)/t9-,10+/m1/s1. The molecule has 15 heavy (non-hydrogen) atoms. The number of β-amino-alcohol motifs (C(OH)–C–C–N with tert-alkyl or cyclic N) is 1. The van der Waals surface area contributed by atoms with E-state index in [1.807, 2.05) is 30.3 Å². The predicted octanol–water partition coefficient (Wildman–Crippen LogP) is 0.348. The summed E-state index contributed by atoms with van der Waals surface area (Å²) in [5.74, 6) is -0.0854. The lowest BCUT2D eigenvalue weighted by Gasteiger charge is -2.10. The summed E-state index contributed by atoms with van der Waals surface area (Å²) < 4.78 is 0. The highest BCUT2D eigenvalue weighted by molar-refractivity contribution is 5.95. The number of anilines is 1. The Hall–Kier alpha value is -1.39. The van der Waals surface area contributed by atoms with Crippen LogP contribution in [0.4, 0.5) is 5.69 Å². The van der Waals surface area contributed by atoms with Crippen LogP contribution in [0.3, 0.4) is 0 Å². The number of para-hydroxylation sites is 1. The fourth-order valence-electron chi connectivity index (χ4n) is 1.67. The van der Waals surface area contributed by atoms with E-state index in [4.69, 9.17) is 0 Å². The van der Waals surface area contributed by atoms with Crippen LogP contribution in [0.5, 0.6) is 0 Å². The first kappa shape index (κ1) is 10.1. The number of hydrogen-bond acceptors (Lipinski definition) is 3. The molecule has 1 aromatic rings.